The molecule has 4 rings (SSSR count). The van der Waals surface area contributed by atoms with Gasteiger partial charge in [-0.05, 0) is 68.3 Å². The minimum atomic E-state index is -4.11. The summed E-state index contributed by atoms with van der Waals surface area (Å²) in [7, 11) is -6.44. The molecule has 0 unspecified atom stereocenters. The normalized spacial score (nSPS) is 14.4. The molecule has 0 atom stereocenters. The first-order valence-electron chi connectivity index (χ1n) is 11.4. The Bertz CT molecular complexity index is 1540. The largest absolute Gasteiger partial charge is 0.495 e. The highest BCUT2D eigenvalue weighted by Gasteiger charge is 2.28. The number of hydrogen-bond donors (Lipinski definition) is 2. The number of amides is 1. The average molecular weight is 564 g/mol. The zero-order chi connectivity index (χ0) is 26.8. The summed E-state index contributed by atoms with van der Waals surface area (Å²) >= 11 is 6.18. The van der Waals surface area contributed by atoms with Crippen LogP contribution in [0.15, 0.2) is 70.5 Å². The van der Waals surface area contributed by atoms with Gasteiger partial charge in [-0.25, -0.2) is 16.8 Å². The van der Waals surface area contributed by atoms with E-state index in [1.807, 2.05) is 6.92 Å². The highest BCUT2D eigenvalue weighted by molar-refractivity contribution is 7.92. The van der Waals surface area contributed by atoms with Gasteiger partial charge in [0.2, 0.25) is 10.0 Å². The van der Waals surface area contributed by atoms with Crippen molar-refractivity contribution in [3.05, 3.63) is 76.8 Å². The number of carbonyl (C=O) groups excluding carboxylic acids is 1. The molecular formula is C25H26ClN3O6S2. The van der Waals surface area contributed by atoms with Gasteiger partial charge in [-0.3, -0.25) is 9.52 Å². The quantitative estimate of drug-likeness (QED) is 0.416. The molecule has 9 nitrogen and oxygen atoms in total. The average Bonchev–Trinajstić information content (AvgIpc) is 3.41. The van der Waals surface area contributed by atoms with Crippen LogP contribution in [0.25, 0.3) is 0 Å². The van der Waals surface area contributed by atoms with E-state index in [2.05, 4.69) is 10.0 Å². The molecule has 1 aliphatic heterocycles. The summed E-state index contributed by atoms with van der Waals surface area (Å²) in [5.41, 5.74) is 1.44. The highest BCUT2D eigenvalue weighted by atomic mass is 35.5. The van der Waals surface area contributed by atoms with E-state index in [4.69, 9.17) is 16.3 Å². The van der Waals surface area contributed by atoms with E-state index in [-0.39, 0.29) is 31.8 Å². The Balaban J connectivity index is 1.62. The number of methoxy groups -OCH3 is 1. The van der Waals surface area contributed by atoms with Crippen LogP contribution in [0.1, 0.15) is 28.8 Å². The van der Waals surface area contributed by atoms with Crippen molar-refractivity contribution in [2.75, 3.05) is 30.2 Å². The van der Waals surface area contributed by atoms with E-state index in [9.17, 15) is 21.6 Å². The van der Waals surface area contributed by atoms with Crippen LogP contribution in [0.3, 0.4) is 0 Å². The van der Waals surface area contributed by atoms with Crippen LogP contribution in [0.4, 0.5) is 11.4 Å². The number of halogens is 1. The van der Waals surface area contributed by atoms with Gasteiger partial charge in [0.05, 0.1) is 22.7 Å². The highest BCUT2D eigenvalue weighted by Crippen LogP contribution is 2.31. The second-order valence-electron chi connectivity index (χ2n) is 8.54. The zero-order valence-electron chi connectivity index (χ0n) is 20.2. The van der Waals surface area contributed by atoms with Gasteiger partial charge in [0, 0.05) is 24.3 Å². The third-order valence-corrected chi connectivity index (χ3v) is 9.67. The lowest BCUT2D eigenvalue weighted by Gasteiger charge is -2.17. The minimum Gasteiger partial charge on any atom is -0.495 e. The Morgan fingerprint density at radius 2 is 1.62 bits per heavy atom. The number of nitrogens with zero attached hydrogens (tertiary/aromatic N) is 1. The van der Waals surface area contributed by atoms with Gasteiger partial charge in [0.25, 0.3) is 15.9 Å². The number of nitrogens with one attached hydrogen (secondary N) is 2. The fraction of sp³-hybridized carbons (Fsp3) is 0.240. The van der Waals surface area contributed by atoms with Gasteiger partial charge in [-0.15, -0.1) is 0 Å². The second-order valence-corrected chi connectivity index (χ2v) is 12.5. The molecule has 3 aromatic rings. The Morgan fingerprint density at radius 3 is 2.27 bits per heavy atom. The maximum Gasteiger partial charge on any atom is 0.263 e. The van der Waals surface area contributed by atoms with Crippen molar-refractivity contribution in [3.8, 4) is 5.75 Å². The van der Waals surface area contributed by atoms with Crippen LogP contribution < -0.4 is 14.8 Å². The molecule has 0 bridgehead atoms. The molecule has 3 aromatic carbocycles. The van der Waals surface area contributed by atoms with Crippen molar-refractivity contribution in [1.29, 1.82) is 0 Å². The third kappa shape index (κ3) is 5.90. The van der Waals surface area contributed by atoms with Crippen LogP contribution in [0.5, 0.6) is 5.75 Å². The van der Waals surface area contributed by atoms with E-state index in [1.165, 1.54) is 41.7 Å². The van der Waals surface area contributed by atoms with Gasteiger partial charge in [-0.1, -0.05) is 29.3 Å². The van der Waals surface area contributed by atoms with Gasteiger partial charge in [0.1, 0.15) is 10.6 Å². The molecular weight excluding hydrogens is 538 g/mol. The number of sulfonamides is 2. The van der Waals surface area contributed by atoms with Crippen molar-refractivity contribution in [2.45, 2.75) is 29.6 Å². The van der Waals surface area contributed by atoms with Gasteiger partial charge < -0.3 is 10.1 Å². The summed E-state index contributed by atoms with van der Waals surface area (Å²) in [6.07, 6.45) is 1.58. The molecule has 0 aromatic heterocycles. The summed E-state index contributed by atoms with van der Waals surface area (Å²) in [4.78, 5) is 12.8. The Labute approximate surface area is 221 Å². The van der Waals surface area contributed by atoms with Crippen molar-refractivity contribution in [2.24, 2.45) is 0 Å². The zero-order valence-corrected chi connectivity index (χ0v) is 22.6. The summed E-state index contributed by atoms with van der Waals surface area (Å²) in [5.74, 6) is -0.422. The second kappa shape index (κ2) is 10.7. The SMILES string of the molecule is COc1ccc(S(=O)(=O)N2CCCC2)cc1NC(=O)c1ccc(Cl)c(S(=O)(=O)Nc2ccc(C)cc2)c1. The van der Waals surface area contributed by atoms with E-state index in [1.54, 1.807) is 24.3 Å². The third-order valence-electron chi connectivity index (χ3n) is 5.91. The van der Waals surface area contributed by atoms with E-state index >= 15 is 0 Å². The van der Waals surface area contributed by atoms with Crippen molar-refractivity contribution >= 4 is 48.9 Å². The van der Waals surface area contributed by atoms with Crippen LogP contribution in [0, 0.1) is 6.92 Å². The van der Waals surface area contributed by atoms with Crippen LogP contribution in [-0.2, 0) is 20.0 Å². The fourth-order valence-corrected chi connectivity index (χ4v) is 7.03. The maximum absolute atomic E-state index is 13.1. The van der Waals surface area contributed by atoms with E-state index in [0.29, 0.717) is 18.8 Å². The summed E-state index contributed by atoms with van der Waals surface area (Å²) in [6.45, 7) is 2.76. The standard InChI is InChI=1S/C25H26ClN3O6S2/c1-17-5-8-19(9-6-17)28-36(31,32)24-15-18(7-11-21(24)26)25(30)27-22-16-20(10-12-23(22)35-2)37(33,34)29-13-3-4-14-29/h5-12,15-16,28H,3-4,13-14H2,1-2H3,(H,27,30). The van der Waals surface area contributed by atoms with Gasteiger partial charge >= 0.3 is 0 Å². The first kappa shape index (κ1) is 26.9. The minimum absolute atomic E-state index is 0.00328. The molecule has 0 saturated carbocycles. The summed E-state index contributed by atoms with van der Waals surface area (Å²) in [5, 5.41) is 2.57. The number of anilines is 2. The predicted molar refractivity (Wildman–Crippen MR) is 142 cm³/mol. The fourth-order valence-electron chi connectivity index (χ4n) is 3.90. The molecule has 1 saturated heterocycles. The lowest BCUT2D eigenvalue weighted by Crippen LogP contribution is -2.28. The molecule has 1 aliphatic rings. The van der Waals surface area contributed by atoms with Crippen molar-refractivity contribution in [1.82, 2.24) is 4.31 Å². The molecule has 0 radical (unpaired) electrons. The Morgan fingerprint density at radius 1 is 0.946 bits per heavy atom. The van der Waals surface area contributed by atoms with Crippen LogP contribution >= 0.6 is 11.6 Å². The van der Waals surface area contributed by atoms with Crippen molar-refractivity contribution in [3.63, 3.8) is 0 Å². The van der Waals surface area contributed by atoms with E-state index in [0.717, 1.165) is 24.5 Å². The Hall–Kier alpha value is -3.12. The lowest BCUT2D eigenvalue weighted by molar-refractivity contribution is 0.102. The number of carbonyl (C=O) groups is 1. The molecule has 196 valence electrons. The van der Waals surface area contributed by atoms with Gasteiger partial charge in [0.15, 0.2) is 0 Å². The predicted octanol–water partition coefficient (Wildman–Crippen LogP) is 4.49. The van der Waals surface area contributed by atoms with Crippen LogP contribution in [0.2, 0.25) is 5.02 Å². The maximum atomic E-state index is 13.1. The number of ether oxygens (including phenoxy) is 1. The first-order valence-corrected chi connectivity index (χ1v) is 14.7. The van der Waals surface area contributed by atoms with E-state index < -0.39 is 26.0 Å². The number of aryl methyl sites for hydroxylation is 1. The molecule has 1 amide bonds. The number of benzene rings is 3. The van der Waals surface area contributed by atoms with Crippen molar-refractivity contribution < 1.29 is 26.4 Å². The molecule has 1 heterocycles. The monoisotopic (exact) mass is 563 g/mol. The topological polar surface area (TPSA) is 122 Å². The number of rotatable bonds is 8. The van der Waals surface area contributed by atoms with Gasteiger partial charge in [-0.2, -0.15) is 4.31 Å². The molecule has 2 N–H and O–H groups in total. The smallest absolute Gasteiger partial charge is 0.263 e. The number of hydrogen-bond acceptors (Lipinski definition) is 6. The summed E-state index contributed by atoms with van der Waals surface area (Å²) < 4.78 is 61.1. The molecule has 37 heavy (non-hydrogen) atoms. The molecule has 1 fully saturated rings. The Kier molecular flexibility index (Phi) is 7.79. The lowest BCUT2D eigenvalue weighted by atomic mass is 10.2. The van der Waals surface area contributed by atoms with Crippen LogP contribution in [-0.4, -0.2) is 47.2 Å². The molecule has 0 spiro atoms. The molecule has 0 aliphatic carbocycles. The first-order chi connectivity index (χ1) is 17.5. The summed E-state index contributed by atoms with van der Waals surface area (Å²) in [6, 6.07) is 14.8. The molecule has 12 heteroatoms.